The smallest absolute Gasteiger partial charge is 0.120 e. The van der Waals surface area contributed by atoms with Crippen LogP contribution in [0.2, 0.25) is 5.02 Å². The van der Waals surface area contributed by atoms with Gasteiger partial charge < -0.3 is 10.5 Å². The molecule has 2 saturated heterocycles. The summed E-state index contributed by atoms with van der Waals surface area (Å²) in [6, 6.07) is 9.35. The maximum atomic E-state index is 6.08. The number of rotatable bonds is 4. The van der Waals surface area contributed by atoms with Crippen LogP contribution in [0.3, 0.4) is 0 Å². The van der Waals surface area contributed by atoms with Gasteiger partial charge in [-0.1, -0.05) is 17.7 Å². The lowest BCUT2D eigenvalue weighted by atomic mass is 9.98. The maximum absolute atomic E-state index is 6.08. The maximum Gasteiger partial charge on any atom is 0.120 e. The van der Waals surface area contributed by atoms with E-state index in [0.29, 0.717) is 18.1 Å². The molecule has 19 heavy (non-hydrogen) atoms. The van der Waals surface area contributed by atoms with Crippen LogP contribution in [0.5, 0.6) is 5.75 Å². The highest BCUT2D eigenvalue weighted by molar-refractivity contribution is 6.30. The third kappa shape index (κ3) is 3.04. The zero-order chi connectivity index (χ0) is 13.2. The van der Waals surface area contributed by atoms with Gasteiger partial charge in [0.2, 0.25) is 0 Å². The van der Waals surface area contributed by atoms with Crippen molar-refractivity contribution in [1.82, 2.24) is 4.90 Å². The highest BCUT2D eigenvalue weighted by Gasteiger charge is 2.39. The molecule has 0 spiro atoms. The van der Waals surface area contributed by atoms with Gasteiger partial charge in [-0.25, -0.2) is 0 Å². The van der Waals surface area contributed by atoms with Crippen molar-refractivity contribution < 1.29 is 4.74 Å². The van der Waals surface area contributed by atoms with E-state index in [1.54, 1.807) is 0 Å². The minimum atomic E-state index is 0.405. The number of piperidine rings is 1. The second-order valence-corrected chi connectivity index (χ2v) is 6.10. The molecule has 2 N–H and O–H groups in total. The first kappa shape index (κ1) is 13.2. The summed E-state index contributed by atoms with van der Waals surface area (Å²) < 4.78 is 5.78. The van der Waals surface area contributed by atoms with Crippen LogP contribution in [-0.2, 0) is 0 Å². The predicted octanol–water partition coefficient (Wildman–Crippen LogP) is 2.67. The fraction of sp³-hybridized carbons (Fsp3) is 0.600. The minimum Gasteiger partial charge on any atom is -0.492 e. The Labute approximate surface area is 119 Å². The number of hydrogen-bond acceptors (Lipinski definition) is 3. The molecule has 0 aromatic heterocycles. The summed E-state index contributed by atoms with van der Waals surface area (Å²) >= 11 is 5.94. The predicted molar refractivity (Wildman–Crippen MR) is 77.7 cm³/mol. The van der Waals surface area contributed by atoms with Crippen LogP contribution in [0.1, 0.15) is 25.7 Å². The SMILES string of the molecule is NC1CC2CCC(C1)N2CCOc1cccc(Cl)c1. The van der Waals surface area contributed by atoms with Crippen LogP contribution < -0.4 is 10.5 Å². The van der Waals surface area contributed by atoms with E-state index in [2.05, 4.69) is 4.90 Å². The van der Waals surface area contributed by atoms with Gasteiger partial charge in [0.25, 0.3) is 0 Å². The molecule has 3 rings (SSSR count). The van der Waals surface area contributed by atoms with Gasteiger partial charge in [0.1, 0.15) is 12.4 Å². The van der Waals surface area contributed by atoms with Gasteiger partial charge in [-0.2, -0.15) is 0 Å². The molecule has 2 fully saturated rings. The van der Waals surface area contributed by atoms with Crippen LogP contribution in [0.4, 0.5) is 0 Å². The van der Waals surface area contributed by atoms with E-state index < -0.39 is 0 Å². The minimum absolute atomic E-state index is 0.405. The molecule has 1 aromatic rings. The molecular formula is C15H21ClN2O. The van der Waals surface area contributed by atoms with Crippen LogP contribution >= 0.6 is 11.6 Å². The van der Waals surface area contributed by atoms with E-state index in [0.717, 1.165) is 36.8 Å². The van der Waals surface area contributed by atoms with E-state index in [9.17, 15) is 0 Å². The first-order chi connectivity index (χ1) is 9.22. The largest absolute Gasteiger partial charge is 0.492 e. The average Bonchev–Trinajstić information content (AvgIpc) is 2.62. The lowest BCUT2D eigenvalue weighted by molar-refractivity contribution is 0.106. The molecule has 2 aliphatic rings. The van der Waals surface area contributed by atoms with Crippen molar-refractivity contribution in [3.05, 3.63) is 29.3 Å². The van der Waals surface area contributed by atoms with Gasteiger partial charge in [0, 0.05) is 29.7 Å². The Morgan fingerprint density at radius 1 is 1.26 bits per heavy atom. The van der Waals surface area contributed by atoms with E-state index in [-0.39, 0.29) is 0 Å². The van der Waals surface area contributed by atoms with Crippen molar-refractivity contribution in [2.45, 2.75) is 43.8 Å². The molecule has 3 nitrogen and oxygen atoms in total. The van der Waals surface area contributed by atoms with Gasteiger partial charge in [0.15, 0.2) is 0 Å². The highest BCUT2D eigenvalue weighted by atomic mass is 35.5. The second-order valence-electron chi connectivity index (χ2n) is 5.66. The topological polar surface area (TPSA) is 38.5 Å². The molecule has 0 amide bonds. The number of nitrogens with two attached hydrogens (primary N) is 1. The molecular weight excluding hydrogens is 260 g/mol. The van der Waals surface area contributed by atoms with Crippen molar-refractivity contribution in [3.63, 3.8) is 0 Å². The van der Waals surface area contributed by atoms with Crippen LogP contribution in [0.25, 0.3) is 0 Å². The molecule has 0 radical (unpaired) electrons. The van der Waals surface area contributed by atoms with Gasteiger partial charge >= 0.3 is 0 Å². The van der Waals surface area contributed by atoms with Crippen molar-refractivity contribution >= 4 is 11.6 Å². The number of nitrogens with zero attached hydrogens (tertiary/aromatic N) is 1. The van der Waals surface area contributed by atoms with Gasteiger partial charge in [-0.3, -0.25) is 4.90 Å². The Kier molecular flexibility index (Phi) is 3.96. The summed E-state index contributed by atoms with van der Waals surface area (Å²) in [5.41, 5.74) is 6.08. The van der Waals surface area contributed by atoms with E-state index in [4.69, 9.17) is 22.1 Å². The van der Waals surface area contributed by atoms with Crippen molar-refractivity contribution in [3.8, 4) is 5.75 Å². The molecule has 104 valence electrons. The zero-order valence-electron chi connectivity index (χ0n) is 11.1. The van der Waals surface area contributed by atoms with Crippen molar-refractivity contribution in [2.75, 3.05) is 13.2 Å². The molecule has 2 heterocycles. The molecule has 0 saturated carbocycles. The van der Waals surface area contributed by atoms with Gasteiger partial charge in [-0.05, 0) is 43.9 Å². The Morgan fingerprint density at radius 2 is 2.00 bits per heavy atom. The number of halogens is 1. The summed E-state index contributed by atoms with van der Waals surface area (Å²) in [6.07, 6.45) is 4.90. The first-order valence-corrected chi connectivity index (χ1v) is 7.50. The number of benzene rings is 1. The Morgan fingerprint density at radius 3 is 2.68 bits per heavy atom. The van der Waals surface area contributed by atoms with E-state index in [1.807, 2.05) is 24.3 Å². The van der Waals surface area contributed by atoms with Gasteiger partial charge in [0.05, 0.1) is 0 Å². The van der Waals surface area contributed by atoms with Crippen LogP contribution in [0.15, 0.2) is 24.3 Å². The Hall–Kier alpha value is -0.770. The van der Waals surface area contributed by atoms with Crippen LogP contribution in [0, 0.1) is 0 Å². The van der Waals surface area contributed by atoms with E-state index in [1.165, 1.54) is 12.8 Å². The standard InChI is InChI=1S/C15H21ClN2O/c16-11-2-1-3-15(8-11)19-7-6-18-13-4-5-14(18)10-12(17)9-13/h1-3,8,12-14H,4-7,9-10,17H2. The lowest BCUT2D eigenvalue weighted by Crippen LogP contribution is -2.48. The summed E-state index contributed by atoms with van der Waals surface area (Å²) in [6.45, 7) is 1.72. The lowest BCUT2D eigenvalue weighted by Gasteiger charge is -2.37. The Balaban J connectivity index is 1.51. The molecule has 2 aliphatic heterocycles. The van der Waals surface area contributed by atoms with Crippen molar-refractivity contribution in [2.24, 2.45) is 5.73 Å². The van der Waals surface area contributed by atoms with Crippen LogP contribution in [-0.4, -0.2) is 36.2 Å². The second kappa shape index (κ2) is 5.70. The monoisotopic (exact) mass is 280 g/mol. The highest BCUT2D eigenvalue weighted by Crippen LogP contribution is 2.34. The fourth-order valence-corrected chi connectivity index (χ4v) is 3.69. The summed E-state index contributed by atoms with van der Waals surface area (Å²) in [5.74, 6) is 0.855. The molecule has 2 unspecified atom stereocenters. The van der Waals surface area contributed by atoms with E-state index >= 15 is 0 Å². The average molecular weight is 281 g/mol. The molecule has 1 aromatic carbocycles. The third-order valence-corrected chi connectivity index (χ3v) is 4.57. The normalized spacial score (nSPS) is 30.5. The molecule has 2 bridgehead atoms. The summed E-state index contributed by atoms with van der Waals surface area (Å²) in [7, 11) is 0. The Bertz CT molecular complexity index is 426. The molecule has 0 aliphatic carbocycles. The summed E-state index contributed by atoms with van der Waals surface area (Å²) in [5, 5.41) is 0.724. The quantitative estimate of drug-likeness (QED) is 0.922. The van der Waals surface area contributed by atoms with Crippen molar-refractivity contribution in [1.29, 1.82) is 0 Å². The fourth-order valence-electron chi connectivity index (χ4n) is 3.51. The third-order valence-electron chi connectivity index (χ3n) is 4.34. The summed E-state index contributed by atoms with van der Waals surface area (Å²) in [4.78, 5) is 2.59. The first-order valence-electron chi connectivity index (χ1n) is 7.12. The number of hydrogen-bond donors (Lipinski definition) is 1. The molecule has 2 atom stereocenters. The molecule has 4 heteroatoms. The number of ether oxygens (including phenoxy) is 1. The van der Waals surface area contributed by atoms with Gasteiger partial charge in [-0.15, -0.1) is 0 Å². The number of fused-ring (bicyclic) bond motifs is 2. The zero-order valence-corrected chi connectivity index (χ0v) is 11.9.